The Morgan fingerprint density at radius 1 is 1.48 bits per heavy atom. The van der Waals surface area contributed by atoms with Crippen LogP contribution in [0.4, 0.5) is 0 Å². The molecular formula is C17H18N4O5S. The number of hydrogen-bond donors (Lipinski definition) is 1. The van der Waals surface area contributed by atoms with Gasteiger partial charge in [-0.2, -0.15) is 5.26 Å². The van der Waals surface area contributed by atoms with Gasteiger partial charge in [0.1, 0.15) is 5.76 Å². The molecule has 0 bridgehead atoms. The number of furan rings is 1. The van der Waals surface area contributed by atoms with Gasteiger partial charge in [0.15, 0.2) is 5.16 Å². The Morgan fingerprint density at radius 3 is 2.96 bits per heavy atom. The van der Waals surface area contributed by atoms with Crippen molar-refractivity contribution in [2.75, 3.05) is 19.4 Å². The first-order chi connectivity index (χ1) is 13.0. The largest absolute Gasteiger partial charge is 0.469 e. The molecule has 0 atom stereocenters. The Balaban J connectivity index is 2.02. The predicted molar refractivity (Wildman–Crippen MR) is 95.7 cm³/mol. The van der Waals surface area contributed by atoms with Crippen LogP contribution in [-0.4, -0.2) is 46.2 Å². The first-order valence-corrected chi connectivity index (χ1v) is 8.97. The minimum Gasteiger partial charge on any atom is -0.469 e. The zero-order valence-corrected chi connectivity index (χ0v) is 15.5. The quantitative estimate of drug-likeness (QED) is 0.383. The lowest BCUT2D eigenvalue weighted by atomic mass is 10.3. The summed E-state index contributed by atoms with van der Waals surface area (Å²) in [5.41, 5.74) is -0.159. The van der Waals surface area contributed by atoms with Crippen LogP contribution in [0.15, 0.2) is 38.8 Å². The van der Waals surface area contributed by atoms with Gasteiger partial charge in [0.2, 0.25) is 5.91 Å². The Labute approximate surface area is 159 Å². The normalized spacial score (nSPS) is 10.2. The second-order valence-corrected chi connectivity index (χ2v) is 6.35. The number of H-pyrrole nitrogens is 1. The van der Waals surface area contributed by atoms with Gasteiger partial charge in [-0.15, -0.1) is 0 Å². The van der Waals surface area contributed by atoms with Crippen molar-refractivity contribution < 1.29 is 18.7 Å². The molecule has 0 aliphatic rings. The molecule has 0 aliphatic heterocycles. The van der Waals surface area contributed by atoms with Gasteiger partial charge in [-0.3, -0.25) is 14.4 Å². The van der Waals surface area contributed by atoms with E-state index in [0.717, 1.165) is 11.8 Å². The molecule has 142 valence electrons. The number of thioether (sulfide) groups is 1. The molecule has 1 amide bonds. The predicted octanol–water partition coefficient (Wildman–Crippen LogP) is 1.11. The van der Waals surface area contributed by atoms with Crippen LogP contribution in [0.5, 0.6) is 0 Å². The van der Waals surface area contributed by atoms with Crippen LogP contribution >= 0.6 is 11.8 Å². The average molecular weight is 390 g/mol. The molecule has 0 saturated carbocycles. The number of nitrogens with one attached hydrogen (secondary N) is 1. The number of ether oxygens (including phenoxy) is 1. The van der Waals surface area contributed by atoms with Crippen LogP contribution in [-0.2, 0) is 27.3 Å². The van der Waals surface area contributed by atoms with Gasteiger partial charge in [0.25, 0.3) is 5.56 Å². The number of amides is 1. The summed E-state index contributed by atoms with van der Waals surface area (Å²) in [6, 6.07) is 6.68. The van der Waals surface area contributed by atoms with Crippen LogP contribution in [0.1, 0.15) is 17.9 Å². The fraction of sp³-hybridized carbons (Fsp3) is 0.353. The highest BCUT2D eigenvalue weighted by atomic mass is 32.2. The lowest BCUT2D eigenvalue weighted by Gasteiger charge is -2.20. The van der Waals surface area contributed by atoms with E-state index in [1.54, 1.807) is 12.1 Å². The molecule has 9 nitrogen and oxygen atoms in total. The summed E-state index contributed by atoms with van der Waals surface area (Å²) in [7, 11) is 1.25. The van der Waals surface area contributed by atoms with E-state index >= 15 is 0 Å². The smallest absolute Gasteiger partial charge is 0.311 e. The third-order valence-electron chi connectivity index (χ3n) is 3.43. The molecule has 10 heteroatoms. The summed E-state index contributed by atoms with van der Waals surface area (Å²) < 4.78 is 9.81. The van der Waals surface area contributed by atoms with Crippen molar-refractivity contribution in [1.82, 2.24) is 14.9 Å². The van der Waals surface area contributed by atoms with Gasteiger partial charge >= 0.3 is 5.97 Å². The second-order valence-electron chi connectivity index (χ2n) is 5.39. The molecule has 0 radical (unpaired) electrons. The minimum atomic E-state index is -0.513. The fourth-order valence-corrected chi connectivity index (χ4v) is 2.95. The van der Waals surface area contributed by atoms with Crippen molar-refractivity contribution in [2.24, 2.45) is 0 Å². The third kappa shape index (κ3) is 6.63. The number of esters is 1. The number of nitrogens with zero attached hydrogens (tertiary/aromatic N) is 3. The van der Waals surface area contributed by atoms with Gasteiger partial charge < -0.3 is 19.0 Å². The molecule has 2 aromatic rings. The Morgan fingerprint density at radius 2 is 2.30 bits per heavy atom. The first-order valence-electron chi connectivity index (χ1n) is 7.98. The SMILES string of the molecule is COC(=O)Cc1cc(=O)[nH]c(SCC(=O)N(CCC#N)Cc2ccco2)n1. The van der Waals surface area contributed by atoms with E-state index in [0.29, 0.717) is 5.76 Å². The molecule has 0 unspecified atom stereocenters. The molecule has 0 aliphatic carbocycles. The fourth-order valence-electron chi connectivity index (χ4n) is 2.15. The van der Waals surface area contributed by atoms with Crippen LogP contribution in [0, 0.1) is 11.3 Å². The number of carbonyl (C=O) groups excluding carboxylic acids is 2. The van der Waals surface area contributed by atoms with Gasteiger partial charge in [-0.1, -0.05) is 11.8 Å². The van der Waals surface area contributed by atoms with Gasteiger partial charge in [-0.25, -0.2) is 4.98 Å². The summed E-state index contributed by atoms with van der Waals surface area (Å²) >= 11 is 1.04. The molecular weight excluding hydrogens is 372 g/mol. The van der Waals surface area contributed by atoms with Crippen molar-refractivity contribution in [3.63, 3.8) is 0 Å². The molecule has 2 aromatic heterocycles. The highest BCUT2D eigenvalue weighted by Gasteiger charge is 2.16. The van der Waals surface area contributed by atoms with Crippen LogP contribution in [0.25, 0.3) is 0 Å². The Kier molecular flexibility index (Phi) is 7.63. The van der Waals surface area contributed by atoms with E-state index < -0.39 is 11.5 Å². The number of carbonyl (C=O) groups is 2. The maximum Gasteiger partial charge on any atom is 0.311 e. The second kappa shape index (κ2) is 10.2. The maximum absolute atomic E-state index is 12.5. The summed E-state index contributed by atoms with van der Waals surface area (Å²) in [4.78, 5) is 43.7. The zero-order chi connectivity index (χ0) is 19.6. The average Bonchev–Trinajstić information content (AvgIpc) is 3.15. The minimum absolute atomic E-state index is 0.0107. The Bertz CT molecular complexity index is 872. The molecule has 0 saturated heterocycles. The van der Waals surface area contributed by atoms with E-state index in [-0.39, 0.29) is 48.4 Å². The third-order valence-corrected chi connectivity index (χ3v) is 4.29. The monoisotopic (exact) mass is 390 g/mol. The first kappa shape index (κ1) is 20.3. The van der Waals surface area contributed by atoms with Crippen LogP contribution in [0.3, 0.4) is 0 Å². The number of methoxy groups -OCH3 is 1. The molecule has 0 spiro atoms. The molecule has 0 aromatic carbocycles. The lowest BCUT2D eigenvalue weighted by Crippen LogP contribution is -2.32. The van der Waals surface area contributed by atoms with Crippen molar-refractivity contribution in [3.8, 4) is 6.07 Å². The number of nitriles is 1. The summed E-state index contributed by atoms with van der Waals surface area (Å²) in [5, 5.41) is 9.01. The van der Waals surface area contributed by atoms with Crippen molar-refractivity contribution in [1.29, 1.82) is 5.26 Å². The van der Waals surface area contributed by atoms with Gasteiger partial charge in [-0.05, 0) is 12.1 Å². The van der Waals surface area contributed by atoms with Crippen LogP contribution < -0.4 is 5.56 Å². The molecule has 0 fully saturated rings. The summed E-state index contributed by atoms with van der Waals surface area (Å²) in [6.45, 7) is 0.517. The standard InChI is InChI=1S/C17H18N4O5S/c1-25-16(24)9-12-8-14(22)20-17(19-12)27-11-15(23)21(6-3-5-18)10-13-4-2-7-26-13/h2,4,7-8H,3,6,9-11H2,1H3,(H,19,20,22). The van der Waals surface area contributed by atoms with E-state index in [1.165, 1.54) is 24.3 Å². The molecule has 27 heavy (non-hydrogen) atoms. The van der Waals surface area contributed by atoms with Crippen molar-refractivity contribution in [3.05, 3.63) is 46.3 Å². The van der Waals surface area contributed by atoms with E-state index in [2.05, 4.69) is 14.7 Å². The van der Waals surface area contributed by atoms with Gasteiger partial charge in [0, 0.05) is 12.6 Å². The number of aromatic nitrogens is 2. The number of rotatable bonds is 9. The summed E-state index contributed by atoms with van der Waals surface area (Å²) in [5.74, 6) is -0.122. The van der Waals surface area contributed by atoms with E-state index in [4.69, 9.17) is 9.68 Å². The van der Waals surface area contributed by atoms with E-state index in [1.807, 2.05) is 6.07 Å². The maximum atomic E-state index is 12.5. The highest BCUT2D eigenvalue weighted by molar-refractivity contribution is 7.99. The number of aromatic amines is 1. The topological polar surface area (TPSA) is 129 Å². The number of hydrogen-bond acceptors (Lipinski definition) is 8. The molecule has 2 heterocycles. The van der Waals surface area contributed by atoms with E-state index in [9.17, 15) is 14.4 Å². The molecule has 2 rings (SSSR count). The lowest BCUT2D eigenvalue weighted by molar-refractivity contribution is -0.139. The summed E-state index contributed by atoms with van der Waals surface area (Å²) in [6.07, 6.45) is 1.58. The van der Waals surface area contributed by atoms with Gasteiger partial charge in [0.05, 0.1) is 50.3 Å². The highest BCUT2D eigenvalue weighted by Crippen LogP contribution is 2.14. The van der Waals surface area contributed by atoms with Crippen molar-refractivity contribution >= 4 is 23.6 Å². The van der Waals surface area contributed by atoms with Crippen molar-refractivity contribution in [2.45, 2.75) is 24.5 Å². The zero-order valence-electron chi connectivity index (χ0n) is 14.6. The molecule has 1 N–H and O–H groups in total. The Hall–Kier alpha value is -3.06. The van der Waals surface area contributed by atoms with Crippen LogP contribution in [0.2, 0.25) is 0 Å².